The van der Waals surface area contributed by atoms with Crippen LogP contribution in [0.3, 0.4) is 0 Å². The summed E-state index contributed by atoms with van der Waals surface area (Å²) in [5.41, 5.74) is 3.18. The lowest BCUT2D eigenvalue weighted by atomic mass is 9.89. The third-order valence-electron chi connectivity index (χ3n) is 8.04. The molecule has 1 aliphatic carbocycles. The van der Waals surface area contributed by atoms with E-state index in [4.69, 9.17) is 19.2 Å². The first-order valence-corrected chi connectivity index (χ1v) is 15.8. The van der Waals surface area contributed by atoms with Gasteiger partial charge in [-0.05, 0) is 55.3 Å². The molecule has 1 aromatic heterocycles. The monoisotopic (exact) mass is 593 g/mol. The number of ether oxygens (including phenoxy) is 3. The fourth-order valence-electron chi connectivity index (χ4n) is 6.06. The number of amides is 1. The third kappa shape index (κ3) is 8.34. The Kier molecular flexibility index (Phi) is 11.6. The van der Waals surface area contributed by atoms with Gasteiger partial charge in [-0.3, -0.25) is 4.79 Å². The van der Waals surface area contributed by atoms with Crippen molar-refractivity contribution in [1.82, 2.24) is 19.8 Å². The maximum Gasteiger partial charge on any atom is 0.253 e. The average Bonchev–Trinajstić information content (AvgIpc) is 3.33. The summed E-state index contributed by atoms with van der Waals surface area (Å²) < 4.78 is 18.8. The van der Waals surface area contributed by atoms with Crippen molar-refractivity contribution >= 4 is 28.6 Å². The minimum absolute atomic E-state index is 0.0483. The number of carbonyl (C=O) groups excluding carboxylic acids is 1. The molecular formula is C34H51N5O4. The molecule has 0 unspecified atom stereocenters. The number of methoxy groups -OCH3 is 3. The van der Waals surface area contributed by atoms with E-state index in [0.717, 1.165) is 55.4 Å². The van der Waals surface area contributed by atoms with Crippen LogP contribution in [-0.4, -0.2) is 67.9 Å². The van der Waals surface area contributed by atoms with Gasteiger partial charge in [-0.25, -0.2) is 4.98 Å². The standard InChI is InChI=1S/C34H51N5O4/c1-23(2)21-38(22-24(3)4)33(40)26-13-14-29-28(17-26)37-34(39(29)16-15-35-20-25-11-9-8-10-12-25)36-27-18-30(41-5)32(43-7)31(19-27)42-6/h13-14,17-19,23-25,35H,8-12,15-16,20-22H2,1-7H3,(H,36,37). The first-order chi connectivity index (χ1) is 20.7. The summed E-state index contributed by atoms with van der Waals surface area (Å²) in [7, 11) is 4.80. The van der Waals surface area contributed by atoms with Gasteiger partial charge >= 0.3 is 0 Å². The van der Waals surface area contributed by atoms with Crippen LogP contribution in [0.1, 0.15) is 70.2 Å². The van der Waals surface area contributed by atoms with Crippen LogP contribution in [0.5, 0.6) is 17.2 Å². The van der Waals surface area contributed by atoms with Crippen LogP contribution in [0.25, 0.3) is 11.0 Å². The Morgan fingerprint density at radius 2 is 1.60 bits per heavy atom. The van der Waals surface area contributed by atoms with Gasteiger partial charge in [0.15, 0.2) is 11.5 Å². The molecule has 43 heavy (non-hydrogen) atoms. The minimum atomic E-state index is 0.0483. The lowest BCUT2D eigenvalue weighted by molar-refractivity contribution is 0.0715. The Balaban J connectivity index is 1.65. The molecular weight excluding hydrogens is 542 g/mol. The van der Waals surface area contributed by atoms with Gasteiger partial charge in [-0.2, -0.15) is 0 Å². The van der Waals surface area contributed by atoms with Gasteiger partial charge in [-0.15, -0.1) is 0 Å². The molecule has 0 radical (unpaired) electrons. The maximum atomic E-state index is 13.6. The van der Waals surface area contributed by atoms with Crippen molar-refractivity contribution < 1.29 is 19.0 Å². The van der Waals surface area contributed by atoms with E-state index in [9.17, 15) is 4.79 Å². The second kappa shape index (κ2) is 15.3. The second-order valence-electron chi connectivity index (χ2n) is 12.5. The van der Waals surface area contributed by atoms with Crippen molar-refractivity contribution in [2.45, 2.75) is 66.3 Å². The van der Waals surface area contributed by atoms with E-state index in [1.807, 2.05) is 35.2 Å². The quantitative estimate of drug-likeness (QED) is 0.189. The summed E-state index contributed by atoms with van der Waals surface area (Å²) in [6, 6.07) is 9.64. The summed E-state index contributed by atoms with van der Waals surface area (Å²) in [5.74, 6) is 3.93. The van der Waals surface area contributed by atoms with E-state index in [1.165, 1.54) is 32.1 Å². The van der Waals surface area contributed by atoms with E-state index in [0.29, 0.717) is 40.6 Å². The molecule has 1 amide bonds. The van der Waals surface area contributed by atoms with Crippen molar-refractivity contribution in [3.63, 3.8) is 0 Å². The summed E-state index contributed by atoms with van der Waals surface area (Å²) in [4.78, 5) is 20.6. The fraction of sp³-hybridized carbons (Fsp3) is 0.588. The third-order valence-corrected chi connectivity index (χ3v) is 8.04. The Bertz CT molecular complexity index is 1310. The smallest absolute Gasteiger partial charge is 0.253 e. The molecule has 236 valence electrons. The molecule has 1 heterocycles. The van der Waals surface area contributed by atoms with Crippen LogP contribution in [0, 0.1) is 17.8 Å². The lowest BCUT2D eigenvalue weighted by Crippen LogP contribution is -2.37. The number of hydrogen-bond donors (Lipinski definition) is 2. The van der Waals surface area contributed by atoms with Crippen molar-refractivity contribution in [3.8, 4) is 17.2 Å². The van der Waals surface area contributed by atoms with Crippen LogP contribution in [0.15, 0.2) is 30.3 Å². The molecule has 0 saturated heterocycles. The number of nitrogens with zero attached hydrogens (tertiary/aromatic N) is 3. The van der Waals surface area contributed by atoms with Gasteiger partial charge in [0.1, 0.15) is 0 Å². The number of aromatic nitrogens is 2. The van der Waals surface area contributed by atoms with Crippen LogP contribution < -0.4 is 24.8 Å². The number of anilines is 2. The highest BCUT2D eigenvalue weighted by atomic mass is 16.5. The first-order valence-electron chi connectivity index (χ1n) is 15.8. The molecule has 4 rings (SSSR count). The predicted molar refractivity (Wildman–Crippen MR) is 174 cm³/mol. The molecule has 1 fully saturated rings. The van der Waals surface area contributed by atoms with E-state index in [-0.39, 0.29) is 5.91 Å². The number of imidazole rings is 1. The largest absolute Gasteiger partial charge is 0.493 e. The predicted octanol–water partition coefficient (Wildman–Crippen LogP) is 6.73. The van der Waals surface area contributed by atoms with Crippen molar-refractivity contribution in [3.05, 3.63) is 35.9 Å². The zero-order valence-corrected chi connectivity index (χ0v) is 27.2. The molecule has 0 aliphatic heterocycles. The van der Waals surface area contributed by atoms with Crippen LogP contribution in [-0.2, 0) is 6.54 Å². The fourth-order valence-corrected chi connectivity index (χ4v) is 6.06. The highest BCUT2D eigenvalue weighted by molar-refractivity contribution is 5.98. The van der Waals surface area contributed by atoms with Gasteiger partial charge in [0, 0.05) is 49.6 Å². The molecule has 2 N–H and O–H groups in total. The highest BCUT2D eigenvalue weighted by Crippen LogP contribution is 2.40. The number of hydrogen-bond acceptors (Lipinski definition) is 7. The topological polar surface area (TPSA) is 89.9 Å². The summed E-state index contributed by atoms with van der Waals surface area (Å²) in [6.45, 7) is 12.6. The van der Waals surface area contributed by atoms with Gasteiger partial charge in [0.2, 0.25) is 11.7 Å². The van der Waals surface area contributed by atoms with Gasteiger partial charge in [0.05, 0.1) is 32.4 Å². The molecule has 0 spiro atoms. The molecule has 3 aromatic rings. The maximum absolute atomic E-state index is 13.6. The van der Waals surface area contributed by atoms with Crippen molar-refractivity contribution in [1.29, 1.82) is 0 Å². The van der Waals surface area contributed by atoms with E-state index < -0.39 is 0 Å². The summed E-state index contributed by atoms with van der Waals surface area (Å²) in [5, 5.41) is 7.18. The molecule has 0 bridgehead atoms. The molecule has 2 aromatic carbocycles. The van der Waals surface area contributed by atoms with Crippen molar-refractivity contribution in [2.75, 3.05) is 52.8 Å². The van der Waals surface area contributed by atoms with Crippen LogP contribution in [0.4, 0.5) is 11.6 Å². The first kappa shape index (κ1) is 32.5. The number of benzene rings is 2. The van der Waals surface area contributed by atoms with Crippen molar-refractivity contribution in [2.24, 2.45) is 17.8 Å². The SMILES string of the molecule is COc1cc(Nc2nc3cc(C(=O)N(CC(C)C)CC(C)C)ccc3n2CCNCC2CCCCC2)cc(OC)c1OC. The molecule has 1 saturated carbocycles. The highest BCUT2D eigenvalue weighted by Gasteiger charge is 2.21. The Hall–Kier alpha value is -3.46. The molecule has 1 aliphatic rings. The Morgan fingerprint density at radius 3 is 2.19 bits per heavy atom. The Labute approximate surface area is 257 Å². The van der Waals surface area contributed by atoms with E-state index in [1.54, 1.807) is 21.3 Å². The van der Waals surface area contributed by atoms with Crippen LogP contribution >= 0.6 is 0 Å². The Morgan fingerprint density at radius 1 is 0.953 bits per heavy atom. The number of carbonyl (C=O) groups is 1. The molecule has 0 atom stereocenters. The average molecular weight is 594 g/mol. The number of fused-ring (bicyclic) bond motifs is 1. The molecule has 9 heteroatoms. The van der Waals surface area contributed by atoms with Gasteiger partial charge < -0.3 is 34.3 Å². The van der Waals surface area contributed by atoms with Gasteiger partial charge in [-0.1, -0.05) is 47.0 Å². The summed E-state index contributed by atoms with van der Waals surface area (Å²) in [6.07, 6.45) is 6.68. The summed E-state index contributed by atoms with van der Waals surface area (Å²) >= 11 is 0. The van der Waals surface area contributed by atoms with E-state index >= 15 is 0 Å². The van der Waals surface area contributed by atoms with Gasteiger partial charge in [0.25, 0.3) is 5.91 Å². The number of rotatable bonds is 15. The zero-order valence-electron chi connectivity index (χ0n) is 27.2. The van der Waals surface area contributed by atoms with Crippen LogP contribution in [0.2, 0.25) is 0 Å². The number of nitrogens with one attached hydrogen (secondary N) is 2. The normalized spacial score (nSPS) is 14.0. The molecule has 9 nitrogen and oxygen atoms in total. The zero-order chi connectivity index (χ0) is 30.9. The second-order valence-corrected chi connectivity index (χ2v) is 12.5. The lowest BCUT2D eigenvalue weighted by Gasteiger charge is -2.26. The van der Waals surface area contributed by atoms with E-state index in [2.05, 4.69) is 42.9 Å². The minimum Gasteiger partial charge on any atom is -0.493 e.